The smallest absolute Gasteiger partial charge is 0.269 e. The van der Waals surface area contributed by atoms with E-state index in [9.17, 15) is 2.74 Å². The molecular formula is C58H44N4O. The third-order valence-corrected chi connectivity index (χ3v) is 11.0. The van der Waals surface area contributed by atoms with Crippen LogP contribution in [-0.2, 0) is 6.37 Å². The zero-order valence-electron chi connectivity index (χ0n) is 46.2. The first-order valence-electron chi connectivity index (χ1n) is 26.6. The van der Waals surface area contributed by atoms with Crippen molar-refractivity contribution in [1.29, 1.82) is 0 Å². The number of nitrogens with zero attached hydrogens (tertiary/aromatic N) is 4. The maximum Gasteiger partial charge on any atom is 0.269 e. The van der Waals surface area contributed by atoms with Gasteiger partial charge in [-0.15, -0.1) is 0 Å². The molecule has 0 bridgehead atoms. The second-order valence-electron chi connectivity index (χ2n) is 15.3. The van der Waals surface area contributed by atoms with Crippen LogP contribution in [0.1, 0.15) is 35.9 Å². The molecule has 0 fully saturated rings. The largest absolute Gasteiger partial charge is 0.458 e. The van der Waals surface area contributed by atoms with Crippen LogP contribution in [0, 0.1) is 12.2 Å². The molecule has 0 aliphatic carbocycles. The van der Waals surface area contributed by atoms with Crippen LogP contribution in [0.5, 0.6) is 11.5 Å². The molecule has 0 atom stereocenters. The van der Waals surface area contributed by atoms with E-state index in [0.29, 0.717) is 45.2 Å². The Morgan fingerprint density at radius 3 is 2.00 bits per heavy atom. The van der Waals surface area contributed by atoms with E-state index in [1.165, 1.54) is 0 Å². The van der Waals surface area contributed by atoms with E-state index in [-0.39, 0.29) is 33.9 Å². The summed E-state index contributed by atoms with van der Waals surface area (Å²) in [6.07, 6.45) is 3.49. The summed E-state index contributed by atoms with van der Waals surface area (Å²) < 4.78 is 118. The van der Waals surface area contributed by atoms with E-state index >= 15 is 0 Å². The summed E-state index contributed by atoms with van der Waals surface area (Å²) in [5.74, 6) is 1.18. The Labute approximate surface area is 384 Å². The lowest BCUT2D eigenvalue weighted by molar-refractivity contribution is -0.571. The van der Waals surface area contributed by atoms with Crippen molar-refractivity contribution in [2.75, 3.05) is 0 Å². The molecule has 0 aliphatic rings. The Hall–Kier alpha value is -8.02. The lowest BCUT2D eigenvalue weighted by Crippen LogP contribution is -2.31. The molecule has 3 heterocycles. The number of aromatic nitrogens is 4. The number of pyridine rings is 1. The Bertz CT molecular complexity index is 3990. The first-order valence-corrected chi connectivity index (χ1v) is 20.6. The molecule has 0 spiro atoms. The molecule has 0 aliphatic heterocycles. The van der Waals surface area contributed by atoms with Gasteiger partial charge < -0.3 is 4.74 Å². The van der Waals surface area contributed by atoms with Crippen LogP contribution in [0.4, 0.5) is 0 Å². The van der Waals surface area contributed by atoms with Gasteiger partial charge in [0.05, 0.1) is 47.1 Å². The average molecular weight is 825 g/mol. The lowest BCUT2D eigenvalue weighted by Gasteiger charge is -2.17. The quantitative estimate of drug-likeness (QED) is 0.102. The fourth-order valence-electron chi connectivity index (χ4n) is 8.30. The highest BCUT2D eigenvalue weighted by Gasteiger charge is 2.21. The number of imidazole rings is 1. The summed E-state index contributed by atoms with van der Waals surface area (Å²) in [5, 5.41) is 1.92. The highest BCUT2D eigenvalue weighted by Crippen LogP contribution is 2.38. The molecule has 0 N–H and O–H groups in total. The van der Waals surface area contributed by atoms with Crippen molar-refractivity contribution < 1.29 is 25.8 Å². The number of fused-ring (bicyclic) bond motifs is 4. The third-order valence-electron chi connectivity index (χ3n) is 11.0. The van der Waals surface area contributed by atoms with Crippen molar-refractivity contribution in [3.05, 3.63) is 224 Å². The number of ether oxygens (including phenoxy) is 1. The van der Waals surface area contributed by atoms with Gasteiger partial charge in [-0.1, -0.05) is 171 Å². The van der Waals surface area contributed by atoms with E-state index < -0.39 is 66.8 Å². The zero-order valence-corrected chi connectivity index (χ0v) is 34.2. The Kier molecular flexibility index (Phi) is 6.91. The van der Waals surface area contributed by atoms with Crippen molar-refractivity contribution >= 4 is 32.8 Å². The second kappa shape index (κ2) is 16.1. The van der Waals surface area contributed by atoms with Gasteiger partial charge in [0.25, 0.3) is 6.33 Å². The van der Waals surface area contributed by atoms with Crippen LogP contribution in [0.25, 0.3) is 83.4 Å². The fourth-order valence-corrected chi connectivity index (χ4v) is 8.30. The molecule has 63 heavy (non-hydrogen) atoms. The SMILES string of the molecule is [2H]c1c([2H])c([2H])c(-c2cccc(-c3c([2H])c([2H])c([2H])c([2H])c3[2H])c2-[n+]2[c-]n(-c3cccc(Oc4ccc5c6ccccc6n(-c6cc(C([2H])([2H])C(C)C)c(-c7ccccc7)cn6)c5c4)c3)c3ccccc32)c([2H])c1[2H]. The fraction of sp³-hybridized carbons (Fsp3) is 0.0690. The number of para-hydroxylation sites is 4. The van der Waals surface area contributed by atoms with Crippen LogP contribution < -0.4 is 9.30 Å². The van der Waals surface area contributed by atoms with Crippen molar-refractivity contribution in [3.63, 3.8) is 0 Å². The minimum Gasteiger partial charge on any atom is -0.458 e. The first kappa shape index (κ1) is 27.0. The van der Waals surface area contributed by atoms with Gasteiger partial charge >= 0.3 is 0 Å². The van der Waals surface area contributed by atoms with Gasteiger partial charge in [0, 0.05) is 31.3 Å². The topological polar surface area (TPSA) is 35.9 Å². The van der Waals surface area contributed by atoms with Gasteiger partial charge in [-0.05, 0) is 88.1 Å². The van der Waals surface area contributed by atoms with Gasteiger partial charge in [0.15, 0.2) is 0 Å². The predicted octanol–water partition coefficient (Wildman–Crippen LogP) is 14.2. The van der Waals surface area contributed by atoms with Crippen LogP contribution in [0.15, 0.2) is 212 Å². The van der Waals surface area contributed by atoms with Crippen LogP contribution in [0.3, 0.4) is 0 Å². The first-order chi connectivity index (χ1) is 36.0. The Balaban J connectivity index is 1.06. The number of hydrogen-bond acceptors (Lipinski definition) is 2. The normalized spacial score (nSPS) is 14.5. The summed E-state index contributed by atoms with van der Waals surface area (Å²) in [7, 11) is 0. The number of benzene rings is 8. The number of hydrogen-bond donors (Lipinski definition) is 0. The highest BCUT2D eigenvalue weighted by atomic mass is 16.5. The van der Waals surface area contributed by atoms with Crippen LogP contribution in [-0.4, -0.2) is 14.1 Å². The van der Waals surface area contributed by atoms with E-state index in [4.69, 9.17) is 23.4 Å². The molecule has 0 saturated heterocycles. The molecule has 0 amide bonds. The maximum absolute atomic E-state index is 9.29. The molecule has 5 nitrogen and oxygen atoms in total. The van der Waals surface area contributed by atoms with Crippen LogP contribution in [0.2, 0.25) is 0 Å². The molecule has 0 saturated carbocycles. The van der Waals surface area contributed by atoms with Crippen molar-refractivity contribution in [2.45, 2.75) is 20.2 Å². The summed E-state index contributed by atoms with van der Waals surface area (Å²) in [5.41, 5.74) is 5.69. The minimum atomic E-state index is -1.69. The zero-order chi connectivity index (χ0) is 52.8. The average Bonchev–Trinajstić information content (AvgIpc) is 3.97. The third kappa shape index (κ3) is 7.04. The Morgan fingerprint density at radius 2 is 1.25 bits per heavy atom. The van der Waals surface area contributed by atoms with Gasteiger partial charge in [-0.2, -0.15) is 0 Å². The Morgan fingerprint density at radius 1 is 0.603 bits per heavy atom. The van der Waals surface area contributed by atoms with Crippen molar-refractivity contribution in [2.24, 2.45) is 5.92 Å². The summed E-state index contributed by atoms with van der Waals surface area (Å²) in [6, 6.07) is 39.4. The van der Waals surface area contributed by atoms with Crippen LogP contribution >= 0.6 is 0 Å². The van der Waals surface area contributed by atoms with Crippen molar-refractivity contribution in [3.8, 4) is 62.1 Å². The molecule has 3 aromatic heterocycles. The molecule has 5 heteroatoms. The molecular weight excluding hydrogens is 769 g/mol. The number of rotatable bonds is 10. The monoisotopic (exact) mass is 824 g/mol. The van der Waals surface area contributed by atoms with Gasteiger partial charge in [-0.25, -0.2) is 4.98 Å². The van der Waals surface area contributed by atoms with E-state index in [0.717, 1.165) is 27.4 Å². The highest BCUT2D eigenvalue weighted by molar-refractivity contribution is 6.09. The van der Waals surface area contributed by atoms with E-state index in [2.05, 4.69) is 6.33 Å². The molecule has 0 radical (unpaired) electrons. The molecule has 8 aromatic carbocycles. The molecule has 11 rings (SSSR count). The molecule has 11 aromatic rings. The second-order valence-corrected chi connectivity index (χ2v) is 15.3. The minimum absolute atomic E-state index is 0.141. The maximum atomic E-state index is 9.29. The lowest BCUT2D eigenvalue weighted by atomic mass is 9.95. The van der Waals surface area contributed by atoms with E-state index in [1.54, 1.807) is 39.6 Å². The predicted molar refractivity (Wildman–Crippen MR) is 257 cm³/mol. The summed E-state index contributed by atoms with van der Waals surface area (Å²) in [4.78, 5) is 4.98. The van der Waals surface area contributed by atoms with E-state index in [1.807, 2.05) is 140 Å². The van der Waals surface area contributed by atoms with Gasteiger partial charge in [-0.3, -0.25) is 13.7 Å². The van der Waals surface area contributed by atoms with Gasteiger partial charge in [0.1, 0.15) is 17.3 Å². The standard InChI is InChI=1S/C58H44N4O/c1-40(2)34-44-35-57(59-38-52(44)43-22-10-5-11-23-43)62-53-29-13-12-26-50(53)51-33-32-47(37-56(51)62)63-46-25-16-24-45(36-46)60-39-61(55-31-15-14-30-54(55)60)58-48(41-18-6-3-7-19-41)27-17-28-49(58)42-20-8-4-9-21-42/h3-33,35-38,40H,34H2,1-2H3/i3D,4D,6D,7D,8D,9D,18D,19D,20D,21D,34D2. The summed E-state index contributed by atoms with van der Waals surface area (Å²) >= 11 is 0. The van der Waals surface area contributed by atoms with Gasteiger partial charge in [0.2, 0.25) is 0 Å². The van der Waals surface area contributed by atoms with Crippen molar-refractivity contribution in [1.82, 2.24) is 14.1 Å². The summed E-state index contributed by atoms with van der Waals surface area (Å²) in [6.45, 7) is 3.75. The molecule has 0 unspecified atom stereocenters. The molecule has 302 valence electrons.